The standard InChI is InChI=1S/C10H14OS/c1-10(2,8-12)11-9-6-4-3-5-7-9/h3-7,12H,8H2,1-2H3. The van der Waals surface area contributed by atoms with Crippen LogP contribution in [-0.2, 0) is 0 Å². The molecule has 0 saturated heterocycles. The summed E-state index contributed by atoms with van der Waals surface area (Å²) >= 11 is 4.21. The lowest BCUT2D eigenvalue weighted by molar-refractivity contribution is 0.136. The maximum atomic E-state index is 5.67. The summed E-state index contributed by atoms with van der Waals surface area (Å²) in [6, 6.07) is 9.80. The van der Waals surface area contributed by atoms with Crippen LogP contribution in [0.1, 0.15) is 13.8 Å². The van der Waals surface area contributed by atoms with Crippen LogP contribution in [-0.4, -0.2) is 11.4 Å². The Hall–Kier alpha value is -0.630. The van der Waals surface area contributed by atoms with Gasteiger partial charge in [0, 0.05) is 5.75 Å². The average Bonchev–Trinajstić information content (AvgIpc) is 2.06. The molecule has 0 aromatic heterocycles. The number of para-hydroxylation sites is 1. The van der Waals surface area contributed by atoms with Crippen molar-refractivity contribution in [3.05, 3.63) is 30.3 Å². The van der Waals surface area contributed by atoms with Gasteiger partial charge in [0.05, 0.1) is 0 Å². The molecule has 12 heavy (non-hydrogen) atoms. The Bertz CT molecular complexity index is 231. The van der Waals surface area contributed by atoms with Crippen molar-refractivity contribution in [2.45, 2.75) is 19.4 Å². The van der Waals surface area contributed by atoms with Gasteiger partial charge in [-0.25, -0.2) is 0 Å². The fourth-order valence-electron chi connectivity index (χ4n) is 0.840. The van der Waals surface area contributed by atoms with E-state index in [1.54, 1.807) is 0 Å². The molecule has 0 aliphatic heterocycles. The first kappa shape index (κ1) is 9.46. The zero-order valence-electron chi connectivity index (χ0n) is 7.45. The lowest BCUT2D eigenvalue weighted by Gasteiger charge is -2.24. The molecule has 0 fully saturated rings. The zero-order chi connectivity index (χ0) is 9.03. The van der Waals surface area contributed by atoms with Crippen molar-refractivity contribution >= 4 is 12.6 Å². The Morgan fingerprint density at radius 2 is 1.83 bits per heavy atom. The summed E-state index contributed by atoms with van der Waals surface area (Å²) in [5.41, 5.74) is -0.190. The van der Waals surface area contributed by atoms with E-state index in [0.717, 1.165) is 5.75 Å². The third-order valence-electron chi connectivity index (χ3n) is 1.52. The van der Waals surface area contributed by atoms with Crippen LogP contribution in [0.2, 0.25) is 0 Å². The lowest BCUT2D eigenvalue weighted by Crippen LogP contribution is -2.30. The second-order valence-electron chi connectivity index (χ2n) is 3.33. The van der Waals surface area contributed by atoms with E-state index in [0.29, 0.717) is 5.75 Å². The molecule has 0 aliphatic carbocycles. The quantitative estimate of drug-likeness (QED) is 0.707. The van der Waals surface area contributed by atoms with Crippen molar-refractivity contribution in [2.75, 3.05) is 5.75 Å². The second-order valence-corrected chi connectivity index (χ2v) is 3.65. The third kappa shape index (κ3) is 2.78. The first-order valence-corrected chi connectivity index (χ1v) is 4.62. The topological polar surface area (TPSA) is 9.23 Å². The van der Waals surface area contributed by atoms with Crippen molar-refractivity contribution in [1.29, 1.82) is 0 Å². The molecular weight excluding hydrogens is 168 g/mol. The van der Waals surface area contributed by atoms with Crippen molar-refractivity contribution in [3.8, 4) is 5.75 Å². The van der Waals surface area contributed by atoms with E-state index in [9.17, 15) is 0 Å². The highest BCUT2D eigenvalue weighted by molar-refractivity contribution is 7.80. The summed E-state index contributed by atoms with van der Waals surface area (Å²) in [6.07, 6.45) is 0. The minimum Gasteiger partial charge on any atom is -0.487 e. The minimum absolute atomic E-state index is 0.190. The van der Waals surface area contributed by atoms with Crippen molar-refractivity contribution < 1.29 is 4.74 Å². The predicted molar refractivity (Wildman–Crippen MR) is 55.0 cm³/mol. The number of hydrogen-bond acceptors (Lipinski definition) is 2. The van der Waals surface area contributed by atoms with Gasteiger partial charge in [-0.1, -0.05) is 18.2 Å². The van der Waals surface area contributed by atoms with Crippen LogP contribution in [0.5, 0.6) is 5.75 Å². The number of ether oxygens (including phenoxy) is 1. The van der Waals surface area contributed by atoms with Gasteiger partial charge in [0.15, 0.2) is 0 Å². The number of benzene rings is 1. The normalized spacial score (nSPS) is 11.2. The summed E-state index contributed by atoms with van der Waals surface area (Å²) in [7, 11) is 0. The maximum absolute atomic E-state index is 5.67. The van der Waals surface area contributed by atoms with Gasteiger partial charge in [-0.05, 0) is 26.0 Å². The van der Waals surface area contributed by atoms with Crippen LogP contribution < -0.4 is 4.74 Å². The van der Waals surface area contributed by atoms with Gasteiger partial charge in [-0.3, -0.25) is 0 Å². The highest BCUT2D eigenvalue weighted by Crippen LogP contribution is 2.18. The third-order valence-corrected chi connectivity index (χ3v) is 2.28. The van der Waals surface area contributed by atoms with E-state index in [-0.39, 0.29) is 5.60 Å². The van der Waals surface area contributed by atoms with Crippen LogP contribution in [0.4, 0.5) is 0 Å². The summed E-state index contributed by atoms with van der Waals surface area (Å²) in [4.78, 5) is 0. The minimum atomic E-state index is -0.190. The SMILES string of the molecule is CC(C)(CS)Oc1ccccc1. The van der Waals surface area contributed by atoms with Crippen molar-refractivity contribution in [1.82, 2.24) is 0 Å². The van der Waals surface area contributed by atoms with Gasteiger partial charge in [0.25, 0.3) is 0 Å². The van der Waals surface area contributed by atoms with E-state index >= 15 is 0 Å². The molecule has 1 rings (SSSR count). The fourth-order valence-corrected chi connectivity index (χ4v) is 0.904. The van der Waals surface area contributed by atoms with Gasteiger partial charge in [-0.2, -0.15) is 12.6 Å². The van der Waals surface area contributed by atoms with E-state index < -0.39 is 0 Å². The molecule has 0 saturated carbocycles. The van der Waals surface area contributed by atoms with Crippen LogP contribution in [0, 0.1) is 0 Å². The zero-order valence-corrected chi connectivity index (χ0v) is 8.34. The monoisotopic (exact) mass is 182 g/mol. The summed E-state index contributed by atoms with van der Waals surface area (Å²) in [6.45, 7) is 4.04. The molecule has 0 bridgehead atoms. The van der Waals surface area contributed by atoms with E-state index in [1.807, 2.05) is 44.2 Å². The molecule has 0 radical (unpaired) electrons. The van der Waals surface area contributed by atoms with Crippen LogP contribution in [0.15, 0.2) is 30.3 Å². The molecule has 66 valence electrons. The molecule has 0 unspecified atom stereocenters. The first-order valence-electron chi connectivity index (χ1n) is 3.99. The number of thiol groups is 1. The second kappa shape index (κ2) is 3.85. The first-order chi connectivity index (χ1) is 5.64. The molecule has 2 heteroatoms. The maximum Gasteiger partial charge on any atom is 0.120 e. The van der Waals surface area contributed by atoms with E-state index in [4.69, 9.17) is 4.74 Å². The Labute approximate surface area is 79.2 Å². The summed E-state index contributed by atoms with van der Waals surface area (Å²) < 4.78 is 5.67. The van der Waals surface area contributed by atoms with Gasteiger partial charge in [-0.15, -0.1) is 0 Å². The average molecular weight is 182 g/mol. The van der Waals surface area contributed by atoms with Gasteiger partial charge < -0.3 is 4.74 Å². The van der Waals surface area contributed by atoms with Crippen molar-refractivity contribution in [3.63, 3.8) is 0 Å². The Morgan fingerprint density at radius 3 is 2.33 bits per heavy atom. The van der Waals surface area contributed by atoms with Crippen LogP contribution in [0.3, 0.4) is 0 Å². The van der Waals surface area contributed by atoms with E-state index in [1.165, 1.54) is 0 Å². The van der Waals surface area contributed by atoms with Gasteiger partial charge in [0.1, 0.15) is 11.4 Å². The number of rotatable bonds is 3. The molecule has 0 aliphatic rings. The van der Waals surface area contributed by atoms with E-state index in [2.05, 4.69) is 12.6 Å². The summed E-state index contributed by atoms with van der Waals surface area (Å²) in [5, 5.41) is 0. The molecule has 0 amide bonds. The highest BCUT2D eigenvalue weighted by Gasteiger charge is 2.16. The summed E-state index contributed by atoms with van der Waals surface area (Å²) in [5.74, 6) is 1.61. The lowest BCUT2D eigenvalue weighted by atomic mass is 10.2. The highest BCUT2D eigenvalue weighted by atomic mass is 32.1. The Kier molecular flexibility index (Phi) is 3.04. The fraction of sp³-hybridized carbons (Fsp3) is 0.400. The molecule has 1 aromatic rings. The number of hydrogen-bond donors (Lipinski definition) is 1. The van der Waals surface area contributed by atoms with Gasteiger partial charge >= 0.3 is 0 Å². The smallest absolute Gasteiger partial charge is 0.120 e. The molecule has 1 aromatic carbocycles. The van der Waals surface area contributed by atoms with Gasteiger partial charge in [0.2, 0.25) is 0 Å². The molecular formula is C10H14OS. The molecule has 0 atom stereocenters. The Morgan fingerprint density at radius 1 is 1.25 bits per heavy atom. The van der Waals surface area contributed by atoms with Crippen molar-refractivity contribution in [2.24, 2.45) is 0 Å². The van der Waals surface area contributed by atoms with Crippen LogP contribution >= 0.6 is 12.6 Å². The molecule has 0 N–H and O–H groups in total. The predicted octanol–water partition coefficient (Wildman–Crippen LogP) is 2.77. The molecule has 1 nitrogen and oxygen atoms in total. The Balaban J connectivity index is 2.64. The molecule has 0 spiro atoms. The molecule has 0 heterocycles. The largest absolute Gasteiger partial charge is 0.487 e. The van der Waals surface area contributed by atoms with Crippen LogP contribution in [0.25, 0.3) is 0 Å².